The van der Waals surface area contributed by atoms with Gasteiger partial charge >= 0.3 is 0 Å². The number of para-hydroxylation sites is 1. The second-order valence-electron chi connectivity index (χ2n) is 4.99. The number of fused-ring (bicyclic) bond motifs is 1. The van der Waals surface area contributed by atoms with Gasteiger partial charge in [0, 0.05) is 40.6 Å². The van der Waals surface area contributed by atoms with Crippen LogP contribution in [0.4, 0.5) is 0 Å². The Kier molecular flexibility index (Phi) is 2.83. The molecule has 2 aromatic heterocycles. The number of pyridine rings is 1. The average molecular weight is 288 g/mol. The van der Waals surface area contributed by atoms with Crippen LogP contribution in [0.5, 0.6) is 0 Å². The van der Waals surface area contributed by atoms with Crippen molar-refractivity contribution in [1.82, 2.24) is 15.4 Å². The molecule has 0 saturated carbocycles. The largest absolute Gasteiger partial charge is 0.361 e. The number of hydrogen-bond donors (Lipinski definition) is 2. The maximum absolute atomic E-state index is 12.1. The van der Waals surface area contributed by atoms with Gasteiger partial charge in [-0.2, -0.15) is 5.10 Å². The van der Waals surface area contributed by atoms with Crippen LogP contribution in [0.1, 0.15) is 11.1 Å². The molecule has 1 amide bonds. The number of aromatic amines is 1. The van der Waals surface area contributed by atoms with Crippen LogP contribution in [0.2, 0.25) is 0 Å². The molecule has 0 radical (unpaired) electrons. The van der Waals surface area contributed by atoms with Crippen molar-refractivity contribution in [3.05, 3.63) is 71.7 Å². The number of amides is 1. The highest BCUT2D eigenvalue weighted by molar-refractivity contribution is 6.33. The van der Waals surface area contributed by atoms with Gasteiger partial charge in [0.2, 0.25) is 0 Å². The molecule has 0 spiro atoms. The summed E-state index contributed by atoms with van der Waals surface area (Å²) >= 11 is 0. The van der Waals surface area contributed by atoms with Crippen LogP contribution in [0.3, 0.4) is 0 Å². The number of rotatable bonds is 2. The Balaban J connectivity index is 1.83. The Morgan fingerprint density at radius 2 is 2.00 bits per heavy atom. The monoisotopic (exact) mass is 288 g/mol. The van der Waals surface area contributed by atoms with Gasteiger partial charge in [0.05, 0.1) is 5.57 Å². The standard InChI is InChI=1S/C17H12N4O/c22-17-14(16(20-21-17)11-4-3-7-18-9-11)8-12-10-19-15-6-2-1-5-13(12)15/h1-10,19H,(H,21,22). The molecule has 1 aliphatic rings. The van der Waals surface area contributed by atoms with Gasteiger partial charge in [0.1, 0.15) is 5.71 Å². The minimum Gasteiger partial charge on any atom is -0.361 e. The fraction of sp³-hybridized carbons (Fsp3) is 0. The summed E-state index contributed by atoms with van der Waals surface area (Å²) in [6.07, 6.45) is 7.14. The third-order valence-corrected chi connectivity index (χ3v) is 3.63. The van der Waals surface area contributed by atoms with Crippen molar-refractivity contribution in [1.29, 1.82) is 0 Å². The van der Waals surface area contributed by atoms with E-state index in [1.165, 1.54) is 0 Å². The second kappa shape index (κ2) is 4.96. The number of carbonyl (C=O) groups is 1. The smallest absolute Gasteiger partial charge is 0.273 e. The molecule has 5 nitrogen and oxygen atoms in total. The third-order valence-electron chi connectivity index (χ3n) is 3.63. The quantitative estimate of drug-likeness (QED) is 0.711. The Morgan fingerprint density at radius 3 is 2.86 bits per heavy atom. The van der Waals surface area contributed by atoms with Crippen LogP contribution < -0.4 is 5.43 Å². The van der Waals surface area contributed by atoms with Gasteiger partial charge in [0.15, 0.2) is 0 Å². The summed E-state index contributed by atoms with van der Waals surface area (Å²) < 4.78 is 0. The number of aromatic nitrogens is 2. The van der Waals surface area contributed by atoms with Crippen LogP contribution >= 0.6 is 0 Å². The van der Waals surface area contributed by atoms with E-state index in [4.69, 9.17) is 0 Å². The molecular formula is C17H12N4O. The fourth-order valence-corrected chi connectivity index (χ4v) is 2.56. The van der Waals surface area contributed by atoms with E-state index in [-0.39, 0.29) is 5.91 Å². The molecule has 0 bridgehead atoms. The predicted octanol–water partition coefficient (Wildman–Crippen LogP) is 2.48. The fourth-order valence-electron chi connectivity index (χ4n) is 2.56. The van der Waals surface area contributed by atoms with Gasteiger partial charge in [-0.25, -0.2) is 5.43 Å². The number of H-pyrrole nitrogens is 1. The van der Waals surface area contributed by atoms with Gasteiger partial charge in [0.25, 0.3) is 5.91 Å². The van der Waals surface area contributed by atoms with E-state index in [0.29, 0.717) is 11.3 Å². The number of carbonyl (C=O) groups excluding carboxylic acids is 1. The molecule has 22 heavy (non-hydrogen) atoms. The molecule has 3 aromatic rings. The van der Waals surface area contributed by atoms with Gasteiger partial charge in [-0.15, -0.1) is 0 Å². The first kappa shape index (κ1) is 12.5. The van der Waals surface area contributed by atoms with Crippen molar-refractivity contribution < 1.29 is 4.79 Å². The van der Waals surface area contributed by atoms with E-state index in [9.17, 15) is 4.79 Å². The van der Waals surface area contributed by atoms with Crippen molar-refractivity contribution in [2.45, 2.75) is 0 Å². The molecule has 106 valence electrons. The number of hydrogen-bond acceptors (Lipinski definition) is 3. The maximum atomic E-state index is 12.1. The van der Waals surface area contributed by atoms with Crippen molar-refractivity contribution >= 4 is 28.6 Å². The first-order valence-electron chi connectivity index (χ1n) is 6.89. The molecule has 3 heterocycles. The minimum absolute atomic E-state index is 0.205. The molecule has 1 aliphatic heterocycles. The number of nitrogens with zero attached hydrogens (tertiary/aromatic N) is 2. The van der Waals surface area contributed by atoms with Gasteiger partial charge < -0.3 is 4.98 Å². The van der Waals surface area contributed by atoms with Crippen molar-refractivity contribution in [2.24, 2.45) is 5.10 Å². The lowest BCUT2D eigenvalue weighted by molar-refractivity contribution is -0.116. The van der Waals surface area contributed by atoms with Crippen LogP contribution in [-0.2, 0) is 4.79 Å². The van der Waals surface area contributed by atoms with Crippen molar-refractivity contribution in [3.8, 4) is 0 Å². The van der Waals surface area contributed by atoms with Gasteiger partial charge in [-0.05, 0) is 24.3 Å². The summed E-state index contributed by atoms with van der Waals surface area (Å²) in [4.78, 5) is 19.4. The molecule has 5 heteroatoms. The second-order valence-corrected chi connectivity index (χ2v) is 4.99. The van der Waals surface area contributed by atoms with E-state index in [2.05, 4.69) is 20.5 Å². The van der Waals surface area contributed by atoms with Gasteiger partial charge in [-0.3, -0.25) is 9.78 Å². The Hall–Kier alpha value is -3.21. The normalized spacial score (nSPS) is 16.1. The SMILES string of the molecule is O=C1NN=C(c2cccnc2)C1=Cc1c[nH]c2ccccc12. The van der Waals surface area contributed by atoms with Crippen molar-refractivity contribution in [2.75, 3.05) is 0 Å². The number of hydrazone groups is 1. The van der Waals surface area contributed by atoms with E-state index >= 15 is 0 Å². The van der Waals surface area contributed by atoms with E-state index in [1.54, 1.807) is 12.4 Å². The summed E-state index contributed by atoms with van der Waals surface area (Å²) in [5, 5.41) is 5.20. The van der Waals surface area contributed by atoms with Crippen molar-refractivity contribution in [3.63, 3.8) is 0 Å². The highest BCUT2D eigenvalue weighted by atomic mass is 16.2. The summed E-state index contributed by atoms with van der Waals surface area (Å²) in [5.74, 6) is -0.205. The lowest BCUT2D eigenvalue weighted by Gasteiger charge is -2.00. The maximum Gasteiger partial charge on any atom is 0.273 e. The number of benzene rings is 1. The molecule has 0 fully saturated rings. The number of nitrogens with one attached hydrogen (secondary N) is 2. The summed E-state index contributed by atoms with van der Waals surface area (Å²) in [5.41, 5.74) is 6.48. The molecule has 0 atom stereocenters. The van der Waals surface area contributed by atoms with Crippen LogP contribution in [0, 0.1) is 0 Å². The predicted molar refractivity (Wildman–Crippen MR) is 85.2 cm³/mol. The highest BCUT2D eigenvalue weighted by Crippen LogP contribution is 2.23. The van der Waals surface area contributed by atoms with Crippen LogP contribution in [0.15, 0.2) is 65.7 Å². The summed E-state index contributed by atoms with van der Waals surface area (Å²) in [6.45, 7) is 0. The van der Waals surface area contributed by atoms with Crippen LogP contribution in [-0.4, -0.2) is 21.6 Å². The zero-order chi connectivity index (χ0) is 14.9. The van der Waals surface area contributed by atoms with Crippen LogP contribution in [0.25, 0.3) is 17.0 Å². The average Bonchev–Trinajstić information content (AvgIpc) is 3.14. The molecule has 0 saturated heterocycles. The molecule has 0 aliphatic carbocycles. The third kappa shape index (κ3) is 2.00. The first-order valence-corrected chi connectivity index (χ1v) is 6.89. The molecule has 0 unspecified atom stereocenters. The molecular weight excluding hydrogens is 276 g/mol. The Morgan fingerprint density at radius 1 is 1.09 bits per heavy atom. The zero-order valence-corrected chi connectivity index (χ0v) is 11.6. The Labute approximate surface area is 126 Å². The van der Waals surface area contributed by atoms with E-state index in [0.717, 1.165) is 22.0 Å². The lowest BCUT2D eigenvalue weighted by Crippen LogP contribution is -2.13. The summed E-state index contributed by atoms with van der Waals surface area (Å²) in [7, 11) is 0. The molecule has 1 aromatic carbocycles. The van der Waals surface area contributed by atoms with E-state index < -0.39 is 0 Å². The highest BCUT2D eigenvalue weighted by Gasteiger charge is 2.24. The molecule has 4 rings (SSSR count). The van der Waals surface area contributed by atoms with E-state index in [1.807, 2.05) is 48.7 Å². The summed E-state index contributed by atoms with van der Waals surface area (Å²) in [6, 6.07) is 11.7. The minimum atomic E-state index is -0.205. The Bertz CT molecular complexity index is 922. The molecule has 2 N–H and O–H groups in total. The van der Waals surface area contributed by atoms with Gasteiger partial charge in [-0.1, -0.05) is 18.2 Å². The first-order chi connectivity index (χ1) is 10.8. The zero-order valence-electron chi connectivity index (χ0n) is 11.6. The topological polar surface area (TPSA) is 70.1 Å². The lowest BCUT2D eigenvalue weighted by atomic mass is 10.0.